The Morgan fingerprint density at radius 3 is 3.00 bits per heavy atom. The molecule has 5 heteroatoms. The topological polar surface area (TPSA) is 79.5 Å². The Morgan fingerprint density at radius 1 is 1.77 bits per heavy atom. The first-order chi connectivity index (χ1) is 6.24. The Labute approximate surface area is 74.4 Å². The van der Waals surface area contributed by atoms with E-state index in [4.69, 9.17) is 9.52 Å². The maximum absolute atomic E-state index is 10.6. The van der Waals surface area contributed by atoms with Crippen molar-refractivity contribution in [2.75, 3.05) is 0 Å². The molecule has 1 heterocycles. The van der Waals surface area contributed by atoms with Crippen LogP contribution in [0.2, 0.25) is 0 Å². The highest BCUT2D eigenvalue weighted by Gasteiger charge is 2.16. The number of hydrogen-bond donors (Lipinski definition) is 2. The summed E-state index contributed by atoms with van der Waals surface area (Å²) in [4.78, 5) is 20.6. The van der Waals surface area contributed by atoms with Crippen molar-refractivity contribution in [2.24, 2.45) is 0 Å². The molecule has 0 spiro atoms. The number of amides is 1. The number of carbonyl (C=O) groups is 2. The van der Waals surface area contributed by atoms with Gasteiger partial charge in [0.2, 0.25) is 6.41 Å². The van der Waals surface area contributed by atoms with Crippen LogP contribution in [0.25, 0.3) is 0 Å². The van der Waals surface area contributed by atoms with E-state index in [1.54, 1.807) is 6.07 Å². The van der Waals surface area contributed by atoms with Gasteiger partial charge in [0.25, 0.3) is 0 Å². The third kappa shape index (κ3) is 2.62. The zero-order chi connectivity index (χ0) is 9.68. The second-order valence-corrected chi connectivity index (χ2v) is 2.51. The lowest BCUT2D eigenvalue weighted by Gasteiger charge is -2.08. The number of rotatable bonds is 5. The molecule has 1 aromatic heterocycles. The predicted molar refractivity (Wildman–Crippen MR) is 43.0 cm³/mol. The SMILES string of the molecule is O=CNC(Cc1ccoc1)C(=O)O. The van der Waals surface area contributed by atoms with E-state index in [2.05, 4.69) is 5.32 Å². The van der Waals surface area contributed by atoms with Crippen LogP contribution in [0.5, 0.6) is 0 Å². The first-order valence-electron chi connectivity index (χ1n) is 3.67. The maximum Gasteiger partial charge on any atom is 0.326 e. The fourth-order valence-electron chi connectivity index (χ4n) is 0.944. The van der Waals surface area contributed by atoms with E-state index in [9.17, 15) is 9.59 Å². The largest absolute Gasteiger partial charge is 0.480 e. The standard InChI is InChI=1S/C8H9NO4/c10-5-9-7(8(11)12)3-6-1-2-13-4-6/h1-2,4-5,7H,3H2,(H,9,10)(H,11,12). The summed E-state index contributed by atoms with van der Waals surface area (Å²) < 4.78 is 4.76. The van der Waals surface area contributed by atoms with Crippen molar-refractivity contribution in [2.45, 2.75) is 12.5 Å². The maximum atomic E-state index is 10.6. The summed E-state index contributed by atoms with van der Waals surface area (Å²) in [5.74, 6) is -1.06. The zero-order valence-electron chi connectivity index (χ0n) is 6.77. The third-order valence-electron chi connectivity index (χ3n) is 1.59. The quantitative estimate of drug-likeness (QED) is 0.631. The van der Waals surface area contributed by atoms with Crippen molar-refractivity contribution in [1.29, 1.82) is 0 Å². The summed E-state index contributed by atoms with van der Waals surface area (Å²) in [5.41, 5.74) is 0.738. The predicted octanol–water partition coefficient (Wildman–Crippen LogP) is 0.0213. The smallest absolute Gasteiger partial charge is 0.326 e. The van der Waals surface area contributed by atoms with E-state index in [1.165, 1.54) is 12.5 Å². The summed E-state index contributed by atoms with van der Waals surface area (Å²) in [6.45, 7) is 0. The molecule has 1 atom stereocenters. The fourth-order valence-corrected chi connectivity index (χ4v) is 0.944. The van der Waals surface area contributed by atoms with Crippen LogP contribution in [0.1, 0.15) is 5.56 Å². The van der Waals surface area contributed by atoms with Crippen LogP contribution in [-0.4, -0.2) is 23.5 Å². The van der Waals surface area contributed by atoms with E-state index in [1.807, 2.05) is 0 Å². The lowest BCUT2D eigenvalue weighted by Crippen LogP contribution is -2.37. The molecule has 1 rings (SSSR count). The van der Waals surface area contributed by atoms with E-state index >= 15 is 0 Å². The Kier molecular flexibility index (Phi) is 3.08. The van der Waals surface area contributed by atoms with Gasteiger partial charge in [-0.2, -0.15) is 0 Å². The van der Waals surface area contributed by atoms with Crippen molar-refractivity contribution < 1.29 is 19.1 Å². The van der Waals surface area contributed by atoms with Gasteiger partial charge in [-0.1, -0.05) is 0 Å². The number of furan rings is 1. The highest BCUT2D eigenvalue weighted by Crippen LogP contribution is 2.03. The van der Waals surface area contributed by atoms with Gasteiger partial charge >= 0.3 is 5.97 Å². The molecule has 0 aliphatic rings. The van der Waals surface area contributed by atoms with Crippen LogP contribution in [0, 0.1) is 0 Å². The number of hydrogen-bond acceptors (Lipinski definition) is 3. The van der Waals surface area contributed by atoms with Crippen LogP contribution in [0.15, 0.2) is 23.0 Å². The van der Waals surface area contributed by atoms with E-state index in [0.717, 1.165) is 5.56 Å². The molecule has 70 valence electrons. The molecule has 1 amide bonds. The Hall–Kier alpha value is -1.78. The molecule has 0 saturated carbocycles. The minimum atomic E-state index is -1.06. The second-order valence-electron chi connectivity index (χ2n) is 2.51. The van der Waals surface area contributed by atoms with Gasteiger partial charge in [0, 0.05) is 6.42 Å². The highest BCUT2D eigenvalue weighted by molar-refractivity contribution is 5.76. The van der Waals surface area contributed by atoms with Gasteiger partial charge in [-0.25, -0.2) is 4.79 Å². The van der Waals surface area contributed by atoms with Crippen molar-refractivity contribution in [3.05, 3.63) is 24.2 Å². The van der Waals surface area contributed by atoms with Crippen LogP contribution >= 0.6 is 0 Å². The number of nitrogens with one attached hydrogen (secondary N) is 1. The summed E-state index contributed by atoms with van der Waals surface area (Å²) in [6.07, 6.45) is 3.50. The molecule has 0 bridgehead atoms. The normalized spacial score (nSPS) is 12.0. The monoisotopic (exact) mass is 183 g/mol. The van der Waals surface area contributed by atoms with Gasteiger partial charge in [0.1, 0.15) is 6.04 Å². The molecular formula is C8H9NO4. The van der Waals surface area contributed by atoms with E-state index < -0.39 is 12.0 Å². The van der Waals surface area contributed by atoms with Crippen LogP contribution in [0.4, 0.5) is 0 Å². The molecule has 0 saturated heterocycles. The third-order valence-corrected chi connectivity index (χ3v) is 1.59. The minimum absolute atomic E-state index is 0.227. The average Bonchev–Trinajstić information content (AvgIpc) is 2.56. The summed E-state index contributed by atoms with van der Waals surface area (Å²) in [6, 6.07) is 0.762. The van der Waals surface area contributed by atoms with Crippen LogP contribution < -0.4 is 5.32 Å². The lowest BCUT2D eigenvalue weighted by atomic mass is 10.1. The molecular weight excluding hydrogens is 174 g/mol. The van der Waals surface area contributed by atoms with Gasteiger partial charge in [-0.15, -0.1) is 0 Å². The van der Waals surface area contributed by atoms with Crippen molar-refractivity contribution in [3.63, 3.8) is 0 Å². The van der Waals surface area contributed by atoms with Gasteiger partial charge in [-0.05, 0) is 11.6 Å². The molecule has 0 fully saturated rings. The highest BCUT2D eigenvalue weighted by atomic mass is 16.4. The van der Waals surface area contributed by atoms with Crippen molar-refractivity contribution in [3.8, 4) is 0 Å². The first-order valence-corrected chi connectivity index (χ1v) is 3.67. The number of aliphatic carboxylic acids is 1. The van der Waals surface area contributed by atoms with Crippen molar-refractivity contribution >= 4 is 12.4 Å². The molecule has 0 aliphatic carbocycles. The number of carboxylic acids is 1. The fraction of sp³-hybridized carbons (Fsp3) is 0.250. The minimum Gasteiger partial charge on any atom is -0.480 e. The molecule has 0 aliphatic heterocycles. The van der Waals surface area contributed by atoms with Gasteiger partial charge in [-0.3, -0.25) is 4.79 Å². The molecule has 1 unspecified atom stereocenters. The molecule has 2 N–H and O–H groups in total. The summed E-state index contributed by atoms with van der Waals surface area (Å²) >= 11 is 0. The Balaban J connectivity index is 2.57. The van der Waals surface area contributed by atoms with Gasteiger partial charge in [0.05, 0.1) is 12.5 Å². The first kappa shape index (κ1) is 9.31. The second kappa shape index (κ2) is 4.30. The summed E-state index contributed by atoms with van der Waals surface area (Å²) in [7, 11) is 0. The number of carboxylic acid groups (broad SMARTS) is 1. The average molecular weight is 183 g/mol. The molecule has 0 radical (unpaired) electrons. The zero-order valence-corrected chi connectivity index (χ0v) is 6.77. The molecule has 5 nitrogen and oxygen atoms in total. The number of carbonyl (C=O) groups excluding carboxylic acids is 1. The van der Waals surface area contributed by atoms with Gasteiger partial charge < -0.3 is 14.8 Å². The van der Waals surface area contributed by atoms with Gasteiger partial charge in [0.15, 0.2) is 0 Å². The molecule has 0 aromatic carbocycles. The summed E-state index contributed by atoms with van der Waals surface area (Å²) in [5, 5.41) is 10.8. The molecule has 1 aromatic rings. The van der Waals surface area contributed by atoms with Crippen molar-refractivity contribution in [1.82, 2.24) is 5.32 Å². The molecule has 13 heavy (non-hydrogen) atoms. The Morgan fingerprint density at radius 2 is 2.54 bits per heavy atom. The van der Waals surface area contributed by atoms with Crippen LogP contribution in [-0.2, 0) is 16.0 Å². The van der Waals surface area contributed by atoms with Crippen LogP contribution in [0.3, 0.4) is 0 Å². The lowest BCUT2D eigenvalue weighted by molar-refractivity contribution is -0.140. The van der Waals surface area contributed by atoms with E-state index in [0.29, 0.717) is 6.41 Å². The van der Waals surface area contributed by atoms with E-state index in [-0.39, 0.29) is 6.42 Å². The Bertz CT molecular complexity index is 280.